The van der Waals surface area contributed by atoms with Crippen molar-refractivity contribution in [2.45, 2.75) is 6.42 Å². The highest BCUT2D eigenvalue weighted by molar-refractivity contribution is 5.93. The van der Waals surface area contributed by atoms with Crippen LogP contribution in [-0.4, -0.2) is 31.0 Å². The molecule has 0 aromatic heterocycles. The topological polar surface area (TPSA) is 93.5 Å². The molecule has 1 heterocycles. The molecule has 0 saturated carbocycles. The molecule has 0 aliphatic carbocycles. The molecule has 0 bridgehead atoms. The van der Waals surface area contributed by atoms with E-state index in [1.54, 1.807) is 6.07 Å². The van der Waals surface area contributed by atoms with Gasteiger partial charge in [0.2, 0.25) is 5.91 Å². The van der Waals surface area contributed by atoms with Gasteiger partial charge in [-0.2, -0.15) is 0 Å². The Bertz CT molecular complexity index is 503. The molecule has 1 aliphatic heterocycles. The van der Waals surface area contributed by atoms with E-state index in [1.165, 1.54) is 19.2 Å². The zero-order valence-corrected chi connectivity index (χ0v) is 11.7. The number of methoxy groups -OCH3 is 1. The number of ether oxygens (including phenoxy) is 1. The summed E-state index contributed by atoms with van der Waals surface area (Å²) in [7, 11) is 1.37. The van der Waals surface area contributed by atoms with Crippen molar-refractivity contribution in [1.29, 1.82) is 0 Å². The number of rotatable bonds is 4. The number of carbonyl (C=O) groups is 1. The summed E-state index contributed by atoms with van der Waals surface area (Å²) in [6.07, 6.45) is 0.782. The molecule has 2 N–H and O–H groups in total. The summed E-state index contributed by atoms with van der Waals surface area (Å²) < 4.78 is 4.90. The van der Waals surface area contributed by atoms with E-state index >= 15 is 0 Å². The van der Waals surface area contributed by atoms with Crippen molar-refractivity contribution in [3.05, 3.63) is 28.3 Å². The third kappa shape index (κ3) is 3.58. The van der Waals surface area contributed by atoms with Crippen molar-refractivity contribution in [1.82, 2.24) is 5.32 Å². The van der Waals surface area contributed by atoms with Crippen LogP contribution in [0.4, 0.5) is 11.4 Å². The van der Waals surface area contributed by atoms with Crippen LogP contribution in [0.3, 0.4) is 0 Å². The van der Waals surface area contributed by atoms with E-state index in [9.17, 15) is 14.9 Å². The van der Waals surface area contributed by atoms with E-state index in [-0.39, 0.29) is 35.7 Å². The van der Waals surface area contributed by atoms with E-state index in [4.69, 9.17) is 4.74 Å². The summed E-state index contributed by atoms with van der Waals surface area (Å²) >= 11 is 0. The molecule has 1 aromatic rings. The number of nitrogens with zero attached hydrogens (tertiary/aromatic N) is 1. The van der Waals surface area contributed by atoms with Crippen LogP contribution in [0, 0.1) is 16.0 Å². The number of anilines is 1. The Morgan fingerprint density at radius 2 is 2.30 bits per heavy atom. The van der Waals surface area contributed by atoms with Crippen LogP contribution in [0.5, 0.6) is 5.75 Å². The maximum absolute atomic E-state index is 11.9. The average molecular weight is 302 g/mol. The number of carbonyl (C=O) groups excluding carboxylic acids is 1. The monoisotopic (exact) mass is 301 g/mol. The molecule has 0 spiro atoms. The molecule has 1 unspecified atom stereocenters. The van der Waals surface area contributed by atoms with E-state index in [1.807, 2.05) is 0 Å². The number of benzene rings is 1. The fourth-order valence-corrected chi connectivity index (χ4v) is 2.03. The van der Waals surface area contributed by atoms with E-state index in [2.05, 4.69) is 10.6 Å². The summed E-state index contributed by atoms with van der Waals surface area (Å²) in [5.74, 6) is -0.0313. The lowest BCUT2D eigenvalue weighted by Crippen LogP contribution is -2.24. The highest BCUT2D eigenvalue weighted by Gasteiger charge is 2.23. The summed E-state index contributed by atoms with van der Waals surface area (Å²) in [6.45, 7) is 1.46. The van der Waals surface area contributed by atoms with Gasteiger partial charge in [-0.3, -0.25) is 14.9 Å². The van der Waals surface area contributed by atoms with Crippen molar-refractivity contribution in [3.63, 3.8) is 0 Å². The highest BCUT2D eigenvalue weighted by Crippen LogP contribution is 2.29. The van der Waals surface area contributed by atoms with Crippen LogP contribution in [0.1, 0.15) is 6.42 Å². The lowest BCUT2D eigenvalue weighted by molar-refractivity contribution is -0.385. The molecule has 1 saturated heterocycles. The van der Waals surface area contributed by atoms with Gasteiger partial charge < -0.3 is 15.4 Å². The summed E-state index contributed by atoms with van der Waals surface area (Å²) in [6, 6.07) is 4.37. The summed E-state index contributed by atoms with van der Waals surface area (Å²) in [4.78, 5) is 22.2. The number of nitro benzene ring substituents is 1. The second kappa shape index (κ2) is 7.06. The first-order valence-electron chi connectivity index (χ1n) is 5.96. The minimum atomic E-state index is -0.536. The molecular weight excluding hydrogens is 286 g/mol. The van der Waals surface area contributed by atoms with Gasteiger partial charge in [0.05, 0.1) is 18.0 Å². The maximum atomic E-state index is 11.9. The molecule has 110 valence electrons. The van der Waals surface area contributed by atoms with Crippen LogP contribution < -0.4 is 15.4 Å². The van der Waals surface area contributed by atoms with Gasteiger partial charge in [-0.15, -0.1) is 12.4 Å². The molecule has 1 atom stereocenters. The molecular formula is C12H16ClN3O4. The van der Waals surface area contributed by atoms with Gasteiger partial charge in [-0.05, 0) is 25.1 Å². The number of amides is 1. The first kappa shape index (κ1) is 16.2. The standard InChI is InChI=1S/C12H15N3O4.ClH/c1-19-11-3-2-9(6-10(11)15(17)18)14-12(16)8-4-5-13-7-8;/h2-3,6,8,13H,4-5,7H2,1H3,(H,14,16);1H. The second-order valence-electron chi connectivity index (χ2n) is 4.32. The Balaban J connectivity index is 0.00000200. The van der Waals surface area contributed by atoms with Gasteiger partial charge in [0.25, 0.3) is 0 Å². The van der Waals surface area contributed by atoms with Crippen LogP contribution in [0.2, 0.25) is 0 Å². The van der Waals surface area contributed by atoms with Gasteiger partial charge >= 0.3 is 5.69 Å². The minimum absolute atomic E-state index is 0. The smallest absolute Gasteiger partial charge is 0.312 e. The zero-order chi connectivity index (χ0) is 13.8. The van der Waals surface area contributed by atoms with Gasteiger partial charge in [-0.1, -0.05) is 0 Å². The number of nitrogens with one attached hydrogen (secondary N) is 2. The number of halogens is 1. The maximum Gasteiger partial charge on any atom is 0.312 e. The molecule has 1 amide bonds. The number of nitro groups is 1. The fraction of sp³-hybridized carbons (Fsp3) is 0.417. The molecule has 1 aromatic carbocycles. The molecule has 20 heavy (non-hydrogen) atoms. The quantitative estimate of drug-likeness (QED) is 0.650. The van der Waals surface area contributed by atoms with E-state index < -0.39 is 4.92 Å². The Labute approximate surface area is 122 Å². The van der Waals surface area contributed by atoms with Crippen molar-refractivity contribution < 1.29 is 14.5 Å². The lowest BCUT2D eigenvalue weighted by Gasteiger charge is -2.10. The summed E-state index contributed by atoms with van der Waals surface area (Å²) in [5.41, 5.74) is 0.245. The van der Waals surface area contributed by atoms with E-state index in [0.29, 0.717) is 12.2 Å². The van der Waals surface area contributed by atoms with Crippen LogP contribution >= 0.6 is 12.4 Å². The lowest BCUT2D eigenvalue weighted by atomic mass is 10.1. The van der Waals surface area contributed by atoms with Crippen molar-refractivity contribution in [3.8, 4) is 5.75 Å². The van der Waals surface area contributed by atoms with Gasteiger partial charge in [0, 0.05) is 18.3 Å². The van der Waals surface area contributed by atoms with Gasteiger partial charge in [-0.25, -0.2) is 0 Å². The zero-order valence-electron chi connectivity index (χ0n) is 10.9. The molecule has 8 heteroatoms. The van der Waals surface area contributed by atoms with Crippen LogP contribution in [-0.2, 0) is 4.79 Å². The Kier molecular flexibility index (Phi) is 5.72. The van der Waals surface area contributed by atoms with Crippen LogP contribution in [0.15, 0.2) is 18.2 Å². The van der Waals surface area contributed by atoms with Gasteiger partial charge in [0.1, 0.15) is 0 Å². The predicted molar refractivity (Wildman–Crippen MR) is 76.5 cm³/mol. The molecule has 1 aliphatic rings. The van der Waals surface area contributed by atoms with Crippen LogP contribution in [0.25, 0.3) is 0 Å². The Morgan fingerprint density at radius 3 is 2.85 bits per heavy atom. The predicted octanol–water partition coefficient (Wildman–Crippen LogP) is 1.57. The van der Waals surface area contributed by atoms with Crippen molar-refractivity contribution in [2.75, 3.05) is 25.5 Å². The minimum Gasteiger partial charge on any atom is -0.490 e. The molecule has 7 nitrogen and oxygen atoms in total. The third-order valence-electron chi connectivity index (χ3n) is 3.07. The first-order valence-corrected chi connectivity index (χ1v) is 5.96. The van der Waals surface area contributed by atoms with E-state index in [0.717, 1.165) is 13.0 Å². The third-order valence-corrected chi connectivity index (χ3v) is 3.07. The van der Waals surface area contributed by atoms with Gasteiger partial charge in [0.15, 0.2) is 5.75 Å². The normalized spacial score (nSPS) is 17.1. The Morgan fingerprint density at radius 1 is 1.55 bits per heavy atom. The van der Waals surface area contributed by atoms with Crippen molar-refractivity contribution in [2.24, 2.45) is 5.92 Å². The number of hydrogen-bond acceptors (Lipinski definition) is 5. The molecule has 1 fully saturated rings. The second-order valence-corrected chi connectivity index (χ2v) is 4.32. The largest absolute Gasteiger partial charge is 0.490 e. The SMILES string of the molecule is COc1ccc(NC(=O)C2CCNC2)cc1[N+](=O)[O-].Cl. The first-order chi connectivity index (χ1) is 9.11. The molecule has 2 rings (SSSR count). The highest BCUT2D eigenvalue weighted by atomic mass is 35.5. The molecule has 0 radical (unpaired) electrons. The average Bonchev–Trinajstić information content (AvgIpc) is 2.92. The number of hydrogen-bond donors (Lipinski definition) is 2. The summed E-state index contributed by atoms with van der Waals surface area (Å²) in [5, 5.41) is 16.7. The fourth-order valence-electron chi connectivity index (χ4n) is 2.03. The van der Waals surface area contributed by atoms with Crippen molar-refractivity contribution >= 4 is 29.7 Å². The Hall–Kier alpha value is -1.86.